The van der Waals surface area contributed by atoms with Crippen LogP contribution in [0.15, 0.2) is 77.7 Å². The fourth-order valence-electron chi connectivity index (χ4n) is 3.86. The Morgan fingerprint density at radius 2 is 1.71 bits per heavy atom. The molecule has 1 unspecified atom stereocenters. The van der Waals surface area contributed by atoms with E-state index in [1.165, 1.54) is 4.31 Å². The minimum absolute atomic E-state index is 0.103. The highest BCUT2D eigenvalue weighted by molar-refractivity contribution is 7.89. The Morgan fingerprint density at radius 1 is 1.00 bits per heavy atom. The molecule has 0 saturated carbocycles. The predicted octanol–water partition coefficient (Wildman–Crippen LogP) is 5.18. The Bertz CT molecular complexity index is 1270. The lowest BCUT2D eigenvalue weighted by atomic mass is 9.98. The van der Waals surface area contributed by atoms with Gasteiger partial charge in [-0.3, -0.25) is 4.79 Å². The van der Waals surface area contributed by atoms with E-state index in [1.54, 1.807) is 67.8 Å². The molecule has 7 nitrogen and oxygen atoms in total. The Balaban J connectivity index is 1.52. The molecule has 0 radical (unpaired) electrons. The fraction of sp³-hybridized carbons (Fsp3) is 0.240. The Morgan fingerprint density at radius 3 is 2.44 bits per heavy atom. The molecule has 1 aliphatic heterocycles. The molecule has 3 aromatic carbocycles. The summed E-state index contributed by atoms with van der Waals surface area (Å²) >= 11 is 6.18. The van der Waals surface area contributed by atoms with Gasteiger partial charge in [0.2, 0.25) is 15.9 Å². The standard InChI is InChI=1S/C25H25ClN2O5S/c1-32-23-11-5-6-12-24(23)33-22-14-13-19(26)16-21(22)27-25(29)18-8-7-15-28(17-18)34(30,31)20-9-3-2-4-10-20/h2-6,9-14,16,18H,7-8,15,17H2,1H3,(H,27,29). The summed E-state index contributed by atoms with van der Waals surface area (Å²) < 4.78 is 38.8. The second-order valence-corrected chi connectivity index (χ2v) is 10.3. The van der Waals surface area contributed by atoms with Crippen LogP contribution in [-0.2, 0) is 14.8 Å². The van der Waals surface area contributed by atoms with Crippen LogP contribution in [0.25, 0.3) is 0 Å². The first-order valence-electron chi connectivity index (χ1n) is 10.8. The number of hydrogen-bond acceptors (Lipinski definition) is 5. The molecule has 0 spiro atoms. The number of nitrogens with one attached hydrogen (secondary N) is 1. The van der Waals surface area contributed by atoms with E-state index >= 15 is 0 Å². The zero-order chi connectivity index (χ0) is 24.1. The highest BCUT2D eigenvalue weighted by atomic mass is 35.5. The van der Waals surface area contributed by atoms with Gasteiger partial charge in [-0.05, 0) is 55.3 Å². The molecule has 34 heavy (non-hydrogen) atoms. The molecule has 9 heteroatoms. The van der Waals surface area contributed by atoms with E-state index in [2.05, 4.69) is 5.32 Å². The average Bonchev–Trinajstić information content (AvgIpc) is 2.86. The molecule has 1 atom stereocenters. The number of hydrogen-bond donors (Lipinski definition) is 1. The van der Waals surface area contributed by atoms with Crippen LogP contribution in [-0.4, -0.2) is 38.8 Å². The number of ether oxygens (including phenoxy) is 2. The zero-order valence-electron chi connectivity index (χ0n) is 18.6. The van der Waals surface area contributed by atoms with Gasteiger partial charge in [-0.2, -0.15) is 4.31 Å². The fourth-order valence-corrected chi connectivity index (χ4v) is 5.58. The number of rotatable bonds is 7. The molecule has 1 aliphatic rings. The van der Waals surface area contributed by atoms with E-state index in [9.17, 15) is 13.2 Å². The number of nitrogens with zero attached hydrogens (tertiary/aromatic N) is 1. The van der Waals surface area contributed by atoms with Crippen molar-refractivity contribution in [3.8, 4) is 17.2 Å². The summed E-state index contributed by atoms with van der Waals surface area (Å²) in [6.45, 7) is 0.479. The number of amides is 1. The predicted molar refractivity (Wildman–Crippen MR) is 131 cm³/mol. The quantitative estimate of drug-likeness (QED) is 0.483. The lowest BCUT2D eigenvalue weighted by Gasteiger charge is -2.31. The van der Waals surface area contributed by atoms with Gasteiger partial charge in [0.25, 0.3) is 0 Å². The number of sulfonamides is 1. The molecule has 0 bridgehead atoms. The van der Waals surface area contributed by atoms with Gasteiger partial charge >= 0.3 is 0 Å². The van der Waals surface area contributed by atoms with E-state index in [1.807, 2.05) is 12.1 Å². The average molecular weight is 501 g/mol. The van der Waals surface area contributed by atoms with Crippen molar-refractivity contribution in [3.63, 3.8) is 0 Å². The summed E-state index contributed by atoms with van der Waals surface area (Å²) in [6.07, 6.45) is 1.17. The van der Waals surface area contributed by atoms with Crippen molar-refractivity contribution in [1.82, 2.24) is 4.31 Å². The molecule has 4 rings (SSSR count). The van der Waals surface area contributed by atoms with Gasteiger partial charge < -0.3 is 14.8 Å². The second-order valence-electron chi connectivity index (χ2n) is 7.90. The van der Waals surface area contributed by atoms with Gasteiger partial charge in [-0.1, -0.05) is 41.9 Å². The number of para-hydroxylation sites is 2. The summed E-state index contributed by atoms with van der Waals surface area (Å²) in [7, 11) is -2.12. The molecule has 1 N–H and O–H groups in total. The smallest absolute Gasteiger partial charge is 0.243 e. The first kappa shape index (κ1) is 24.1. The third kappa shape index (κ3) is 5.35. The lowest BCUT2D eigenvalue weighted by Crippen LogP contribution is -2.43. The Labute approximate surface area is 204 Å². The monoisotopic (exact) mass is 500 g/mol. The molecule has 1 amide bonds. The van der Waals surface area contributed by atoms with Crippen LogP contribution in [0, 0.1) is 5.92 Å². The first-order chi connectivity index (χ1) is 16.4. The maximum atomic E-state index is 13.2. The normalized spacial score (nSPS) is 16.6. The highest BCUT2D eigenvalue weighted by Crippen LogP contribution is 2.37. The van der Waals surface area contributed by atoms with Crippen molar-refractivity contribution < 1.29 is 22.7 Å². The Hall–Kier alpha value is -3.07. The van der Waals surface area contributed by atoms with E-state index in [-0.39, 0.29) is 17.3 Å². The van der Waals surface area contributed by atoms with Crippen molar-refractivity contribution in [2.75, 3.05) is 25.5 Å². The van der Waals surface area contributed by atoms with Crippen molar-refractivity contribution in [2.45, 2.75) is 17.7 Å². The van der Waals surface area contributed by atoms with E-state index in [4.69, 9.17) is 21.1 Å². The highest BCUT2D eigenvalue weighted by Gasteiger charge is 2.33. The first-order valence-corrected chi connectivity index (χ1v) is 12.7. The molecule has 1 fully saturated rings. The summed E-state index contributed by atoms with van der Waals surface area (Å²) in [4.78, 5) is 13.4. The molecule has 0 aromatic heterocycles. The van der Waals surface area contributed by atoms with Crippen LogP contribution < -0.4 is 14.8 Å². The molecule has 3 aromatic rings. The molecular formula is C25H25ClN2O5S. The maximum absolute atomic E-state index is 13.2. The molecule has 1 saturated heterocycles. The topological polar surface area (TPSA) is 84.9 Å². The number of carbonyl (C=O) groups is 1. The number of benzene rings is 3. The van der Waals surface area contributed by atoms with Crippen molar-refractivity contribution in [2.24, 2.45) is 5.92 Å². The van der Waals surface area contributed by atoms with Crippen molar-refractivity contribution in [1.29, 1.82) is 0 Å². The summed E-state index contributed by atoms with van der Waals surface area (Å²) in [6, 6.07) is 20.4. The number of methoxy groups -OCH3 is 1. The van der Waals surface area contributed by atoms with Crippen LogP contribution in [0.1, 0.15) is 12.8 Å². The molecule has 1 heterocycles. The maximum Gasteiger partial charge on any atom is 0.243 e. The van der Waals surface area contributed by atoms with Gasteiger partial charge in [0.15, 0.2) is 17.2 Å². The van der Waals surface area contributed by atoms with Gasteiger partial charge in [-0.15, -0.1) is 0 Å². The SMILES string of the molecule is COc1ccccc1Oc1ccc(Cl)cc1NC(=O)C1CCCN(S(=O)(=O)c2ccccc2)C1. The zero-order valence-corrected chi connectivity index (χ0v) is 20.2. The van der Waals surface area contributed by atoms with Crippen LogP contribution in [0.5, 0.6) is 17.2 Å². The van der Waals surface area contributed by atoms with Gasteiger partial charge in [0.05, 0.1) is 23.6 Å². The van der Waals surface area contributed by atoms with E-state index in [0.717, 1.165) is 0 Å². The second kappa shape index (κ2) is 10.5. The molecule has 0 aliphatic carbocycles. The third-order valence-electron chi connectivity index (χ3n) is 5.62. The largest absolute Gasteiger partial charge is 0.493 e. The summed E-state index contributed by atoms with van der Waals surface area (Å²) in [5, 5.41) is 3.31. The van der Waals surface area contributed by atoms with Crippen molar-refractivity contribution in [3.05, 3.63) is 77.8 Å². The van der Waals surface area contributed by atoms with Crippen LogP contribution in [0.2, 0.25) is 5.02 Å². The van der Waals surface area contributed by atoms with Crippen LogP contribution >= 0.6 is 11.6 Å². The number of anilines is 1. The minimum Gasteiger partial charge on any atom is -0.493 e. The van der Waals surface area contributed by atoms with Crippen LogP contribution in [0.4, 0.5) is 5.69 Å². The van der Waals surface area contributed by atoms with Gasteiger partial charge in [0.1, 0.15) is 0 Å². The van der Waals surface area contributed by atoms with Crippen LogP contribution in [0.3, 0.4) is 0 Å². The number of piperidine rings is 1. The van der Waals surface area contributed by atoms with Gasteiger partial charge in [-0.25, -0.2) is 8.42 Å². The molecule has 178 valence electrons. The summed E-state index contributed by atoms with van der Waals surface area (Å²) in [5.41, 5.74) is 0.395. The molecular weight excluding hydrogens is 476 g/mol. The minimum atomic E-state index is -3.67. The van der Waals surface area contributed by atoms with E-state index in [0.29, 0.717) is 47.3 Å². The van der Waals surface area contributed by atoms with Crippen molar-refractivity contribution >= 4 is 33.2 Å². The van der Waals surface area contributed by atoms with E-state index < -0.39 is 15.9 Å². The Kier molecular flexibility index (Phi) is 7.41. The lowest BCUT2D eigenvalue weighted by molar-refractivity contribution is -0.120. The summed E-state index contributed by atoms with van der Waals surface area (Å²) in [5.74, 6) is 0.627. The van der Waals surface area contributed by atoms with Gasteiger partial charge in [0, 0.05) is 18.1 Å². The number of carbonyl (C=O) groups excluding carboxylic acids is 1. The third-order valence-corrected chi connectivity index (χ3v) is 7.74. The number of halogens is 1.